The molecule has 0 radical (unpaired) electrons. The number of ether oxygens (including phenoxy) is 3. The number of carbonyl (C=O) groups is 1. The fraction of sp³-hybridized carbons (Fsp3) is 0.222. The molecule has 29 heavy (non-hydrogen) atoms. The summed E-state index contributed by atoms with van der Waals surface area (Å²) < 4.78 is 43.6. The third-order valence-corrected chi connectivity index (χ3v) is 5.13. The number of esters is 1. The van der Waals surface area contributed by atoms with Crippen molar-refractivity contribution < 1.29 is 32.3 Å². The van der Waals surface area contributed by atoms with Crippen molar-refractivity contribution in [1.82, 2.24) is 0 Å². The van der Waals surface area contributed by atoms with Crippen molar-refractivity contribution in [3.05, 3.63) is 57.6 Å². The summed E-state index contributed by atoms with van der Waals surface area (Å²) in [6.45, 7) is 0. The number of carbonyl (C=O) groups excluding carboxylic acids is 1. The maximum atomic E-state index is 12.4. The lowest BCUT2D eigenvalue weighted by molar-refractivity contribution is -0.384. The quantitative estimate of drug-likeness (QED) is 0.273. The second kappa shape index (κ2) is 9.15. The van der Waals surface area contributed by atoms with E-state index >= 15 is 0 Å². The van der Waals surface area contributed by atoms with E-state index in [0.717, 1.165) is 30.5 Å². The van der Waals surface area contributed by atoms with Gasteiger partial charge in [0.15, 0.2) is 11.5 Å². The van der Waals surface area contributed by atoms with Crippen molar-refractivity contribution in [1.29, 1.82) is 0 Å². The van der Waals surface area contributed by atoms with E-state index in [-0.39, 0.29) is 17.0 Å². The second-order valence-corrected chi connectivity index (χ2v) is 7.25. The molecular weight excluding hydrogens is 404 g/mol. The third-order valence-electron chi connectivity index (χ3n) is 3.88. The highest BCUT2D eigenvalue weighted by Crippen LogP contribution is 2.30. The van der Waals surface area contributed by atoms with Crippen LogP contribution in [0.25, 0.3) is 0 Å². The average Bonchev–Trinajstić information content (AvgIpc) is 2.72. The Hall–Kier alpha value is -3.47. The number of nitro benzene ring substituents is 1. The number of hydrogen-bond acceptors (Lipinski definition) is 8. The molecule has 2 rings (SSSR count). The number of nitro groups is 1. The Morgan fingerprint density at radius 3 is 2.21 bits per heavy atom. The van der Waals surface area contributed by atoms with E-state index in [4.69, 9.17) is 9.47 Å². The van der Waals surface area contributed by atoms with Crippen molar-refractivity contribution in [3.63, 3.8) is 0 Å². The Balaban J connectivity index is 2.45. The Bertz CT molecular complexity index is 1050. The monoisotopic (exact) mass is 422 g/mol. The van der Waals surface area contributed by atoms with Gasteiger partial charge in [-0.05, 0) is 29.8 Å². The van der Waals surface area contributed by atoms with Crippen LogP contribution in [-0.2, 0) is 26.0 Å². The third kappa shape index (κ3) is 5.29. The number of non-ortho nitro benzene ring substituents is 1. The lowest BCUT2D eigenvalue weighted by atomic mass is 10.0. The molecular formula is C18H18N2O8S. The van der Waals surface area contributed by atoms with Crippen molar-refractivity contribution in [3.8, 4) is 11.5 Å². The lowest BCUT2D eigenvalue weighted by Gasteiger charge is -2.12. The summed E-state index contributed by atoms with van der Waals surface area (Å²) in [5.74, 6) is 0.127. The molecule has 0 aromatic heterocycles. The molecule has 2 aromatic carbocycles. The molecule has 0 aliphatic carbocycles. The topological polar surface area (TPSA) is 134 Å². The van der Waals surface area contributed by atoms with Crippen molar-refractivity contribution in [2.75, 3.05) is 21.3 Å². The van der Waals surface area contributed by atoms with Crippen LogP contribution in [0.2, 0.25) is 0 Å². The summed E-state index contributed by atoms with van der Waals surface area (Å²) in [4.78, 5) is 21.5. The molecule has 0 heterocycles. The average molecular weight is 422 g/mol. The number of sulfonamides is 1. The predicted molar refractivity (Wildman–Crippen MR) is 103 cm³/mol. The fourth-order valence-electron chi connectivity index (χ4n) is 2.36. The second-order valence-electron chi connectivity index (χ2n) is 5.62. The summed E-state index contributed by atoms with van der Waals surface area (Å²) in [6, 6.07) is 7.33. The van der Waals surface area contributed by atoms with Gasteiger partial charge in [0.1, 0.15) is 0 Å². The van der Waals surface area contributed by atoms with Gasteiger partial charge in [0.25, 0.3) is 15.7 Å². The molecule has 0 aliphatic heterocycles. The summed E-state index contributed by atoms with van der Waals surface area (Å²) >= 11 is 0. The molecule has 0 amide bonds. The Morgan fingerprint density at radius 1 is 1.10 bits per heavy atom. The van der Waals surface area contributed by atoms with Gasteiger partial charge in [-0.15, -0.1) is 0 Å². The van der Waals surface area contributed by atoms with E-state index in [1.807, 2.05) is 0 Å². The largest absolute Gasteiger partial charge is 0.493 e. The van der Waals surface area contributed by atoms with Crippen LogP contribution < -0.4 is 9.47 Å². The van der Waals surface area contributed by atoms with Crippen molar-refractivity contribution in [2.45, 2.75) is 11.3 Å². The van der Waals surface area contributed by atoms with Crippen LogP contribution in [-0.4, -0.2) is 46.9 Å². The van der Waals surface area contributed by atoms with Crippen LogP contribution in [0.1, 0.15) is 11.1 Å². The van der Waals surface area contributed by atoms with Crippen LogP contribution in [0.5, 0.6) is 11.5 Å². The molecule has 0 fully saturated rings. The molecule has 2 aromatic rings. The zero-order chi connectivity index (χ0) is 21.6. The molecule has 154 valence electrons. The number of benzene rings is 2. The van der Waals surface area contributed by atoms with Gasteiger partial charge in [0, 0.05) is 23.9 Å². The minimum absolute atomic E-state index is 0.143. The SMILES string of the molecule is COC(=O)Cc1cc(OC)c(OC)cc1/C=N/S(=O)(=O)c1ccc([N+](=O)[O-])cc1. The molecule has 0 saturated carbocycles. The zero-order valence-corrected chi connectivity index (χ0v) is 16.6. The molecule has 0 bridgehead atoms. The molecule has 10 nitrogen and oxygen atoms in total. The first kappa shape index (κ1) is 21.8. The highest BCUT2D eigenvalue weighted by Gasteiger charge is 2.17. The molecule has 0 saturated heterocycles. The van der Waals surface area contributed by atoms with E-state index in [2.05, 4.69) is 9.13 Å². The molecule has 0 N–H and O–H groups in total. The van der Waals surface area contributed by atoms with Crippen LogP contribution in [0.3, 0.4) is 0 Å². The van der Waals surface area contributed by atoms with Gasteiger partial charge < -0.3 is 14.2 Å². The first-order valence-electron chi connectivity index (χ1n) is 8.08. The maximum absolute atomic E-state index is 12.4. The number of rotatable bonds is 8. The number of nitrogens with zero attached hydrogens (tertiary/aromatic N) is 2. The summed E-state index contributed by atoms with van der Waals surface area (Å²) in [7, 11) is -0.0640. The van der Waals surface area contributed by atoms with E-state index in [1.54, 1.807) is 0 Å². The Morgan fingerprint density at radius 2 is 1.69 bits per heavy atom. The Kier molecular flexibility index (Phi) is 6.89. The zero-order valence-electron chi connectivity index (χ0n) is 15.8. The predicted octanol–water partition coefficient (Wildman–Crippen LogP) is 2.14. The minimum Gasteiger partial charge on any atom is -0.493 e. The van der Waals surface area contributed by atoms with E-state index in [1.165, 1.54) is 33.5 Å². The van der Waals surface area contributed by atoms with Gasteiger partial charge in [0.2, 0.25) is 0 Å². The standard InChI is InChI=1S/C18H18N2O8S/c1-26-16-8-12(10-18(21)28-3)13(9-17(16)27-2)11-19-29(24,25)15-6-4-14(5-7-15)20(22)23/h4-9,11H,10H2,1-3H3/b19-11+. The highest BCUT2D eigenvalue weighted by atomic mass is 32.2. The van der Waals surface area contributed by atoms with Crippen LogP contribution >= 0.6 is 0 Å². The van der Waals surface area contributed by atoms with Crippen molar-refractivity contribution >= 4 is 27.9 Å². The summed E-state index contributed by atoms with van der Waals surface area (Å²) in [5.41, 5.74) is 0.476. The van der Waals surface area contributed by atoms with Gasteiger partial charge in [-0.2, -0.15) is 12.8 Å². The first-order chi connectivity index (χ1) is 13.7. The van der Waals surface area contributed by atoms with Crippen LogP contribution in [0, 0.1) is 10.1 Å². The maximum Gasteiger partial charge on any atom is 0.310 e. The smallest absolute Gasteiger partial charge is 0.310 e. The summed E-state index contributed by atoms with van der Waals surface area (Å²) in [6.07, 6.45) is 0.923. The van der Waals surface area contributed by atoms with Gasteiger partial charge in [-0.1, -0.05) is 0 Å². The Labute approximate surface area is 166 Å². The molecule has 0 atom stereocenters. The van der Waals surface area contributed by atoms with Crippen molar-refractivity contribution in [2.24, 2.45) is 4.40 Å². The van der Waals surface area contributed by atoms with Gasteiger partial charge in [-0.3, -0.25) is 14.9 Å². The number of methoxy groups -OCH3 is 3. The van der Waals surface area contributed by atoms with E-state index < -0.39 is 20.9 Å². The van der Waals surface area contributed by atoms with Gasteiger partial charge in [0.05, 0.1) is 37.6 Å². The minimum atomic E-state index is -4.13. The summed E-state index contributed by atoms with van der Waals surface area (Å²) in [5, 5.41) is 10.7. The molecule has 0 spiro atoms. The van der Waals surface area contributed by atoms with Crippen LogP contribution in [0.4, 0.5) is 5.69 Å². The molecule has 11 heteroatoms. The van der Waals surface area contributed by atoms with E-state index in [9.17, 15) is 23.3 Å². The van der Waals surface area contributed by atoms with Gasteiger partial charge in [-0.25, -0.2) is 0 Å². The van der Waals surface area contributed by atoms with E-state index in [0.29, 0.717) is 22.6 Å². The normalized spacial score (nSPS) is 11.3. The van der Waals surface area contributed by atoms with Crippen LogP contribution in [0.15, 0.2) is 45.7 Å². The first-order valence-corrected chi connectivity index (χ1v) is 9.52. The highest BCUT2D eigenvalue weighted by molar-refractivity contribution is 7.90. The lowest BCUT2D eigenvalue weighted by Crippen LogP contribution is -2.08. The fourth-order valence-corrected chi connectivity index (χ4v) is 3.22. The molecule has 0 aliphatic rings. The number of hydrogen-bond donors (Lipinski definition) is 0. The van der Waals surface area contributed by atoms with Gasteiger partial charge >= 0.3 is 5.97 Å². The molecule has 0 unspecified atom stereocenters.